The molecule has 2 fully saturated rings. The third-order valence-corrected chi connectivity index (χ3v) is 5.28. The molecular formula is C17H26ClN3. The van der Waals surface area contributed by atoms with Crippen molar-refractivity contribution in [2.45, 2.75) is 31.3 Å². The Labute approximate surface area is 133 Å². The summed E-state index contributed by atoms with van der Waals surface area (Å²) >= 11 is 5.98. The van der Waals surface area contributed by atoms with Crippen molar-refractivity contribution in [3.8, 4) is 0 Å². The van der Waals surface area contributed by atoms with Gasteiger partial charge in [-0.05, 0) is 50.6 Å². The van der Waals surface area contributed by atoms with E-state index in [4.69, 9.17) is 11.6 Å². The van der Waals surface area contributed by atoms with Gasteiger partial charge in [0.2, 0.25) is 0 Å². The topological polar surface area (TPSA) is 18.5 Å². The Morgan fingerprint density at radius 3 is 2.81 bits per heavy atom. The lowest BCUT2D eigenvalue weighted by molar-refractivity contribution is 0.101. The number of benzene rings is 1. The first kappa shape index (κ1) is 15.3. The van der Waals surface area contributed by atoms with Crippen molar-refractivity contribution >= 4 is 11.6 Å². The van der Waals surface area contributed by atoms with Gasteiger partial charge >= 0.3 is 0 Å². The molecule has 0 amide bonds. The molecular weight excluding hydrogens is 282 g/mol. The second-order valence-corrected chi connectivity index (χ2v) is 6.75. The van der Waals surface area contributed by atoms with Gasteiger partial charge in [0.05, 0.1) is 0 Å². The van der Waals surface area contributed by atoms with E-state index in [1.54, 1.807) is 0 Å². The van der Waals surface area contributed by atoms with E-state index in [0.29, 0.717) is 6.04 Å². The van der Waals surface area contributed by atoms with Crippen molar-refractivity contribution < 1.29 is 0 Å². The van der Waals surface area contributed by atoms with Crippen LogP contribution in [0, 0.1) is 0 Å². The predicted molar refractivity (Wildman–Crippen MR) is 88.9 cm³/mol. The van der Waals surface area contributed by atoms with E-state index in [-0.39, 0.29) is 0 Å². The van der Waals surface area contributed by atoms with Gasteiger partial charge in [-0.25, -0.2) is 0 Å². The van der Waals surface area contributed by atoms with Crippen LogP contribution < -0.4 is 5.32 Å². The van der Waals surface area contributed by atoms with E-state index in [9.17, 15) is 0 Å². The summed E-state index contributed by atoms with van der Waals surface area (Å²) in [4.78, 5) is 5.32. The molecule has 0 aromatic heterocycles. The normalized spacial score (nSPS) is 25.0. The molecule has 21 heavy (non-hydrogen) atoms. The van der Waals surface area contributed by atoms with Gasteiger partial charge in [0.1, 0.15) is 0 Å². The van der Waals surface area contributed by atoms with Crippen LogP contribution in [-0.2, 0) is 0 Å². The van der Waals surface area contributed by atoms with Gasteiger partial charge in [0, 0.05) is 43.3 Å². The minimum absolute atomic E-state index is 0.420. The third kappa shape index (κ3) is 3.78. The van der Waals surface area contributed by atoms with Crippen LogP contribution in [0.4, 0.5) is 0 Å². The van der Waals surface area contributed by atoms with E-state index in [2.05, 4.69) is 27.2 Å². The van der Waals surface area contributed by atoms with Crippen LogP contribution in [0.5, 0.6) is 0 Å². The first-order valence-electron chi connectivity index (χ1n) is 8.15. The molecule has 2 atom stereocenters. The molecule has 3 rings (SSSR count). The van der Waals surface area contributed by atoms with Gasteiger partial charge in [0.15, 0.2) is 0 Å². The van der Waals surface area contributed by atoms with Crippen molar-refractivity contribution in [2.24, 2.45) is 0 Å². The quantitative estimate of drug-likeness (QED) is 0.902. The molecule has 2 aliphatic rings. The first-order valence-corrected chi connectivity index (χ1v) is 8.53. The summed E-state index contributed by atoms with van der Waals surface area (Å²) < 4.78 is 0. The molecule has 2 heterocycles. The third-order valence-electron chi connectivity index (χ3n) is 5.03. The van der Waals surface area contributed by atoms with Crippen molar-refractivity contribution in [2.75, 3.05) is 39.8 Å². The van der Waals surface area contributed by atoms with Crippen LogP contribution in [0.1, 0.15) is 30.9 Å². The Morgan fingerprint density at radius 2 is 2.05 bits per heavy atom. The molecule has 0 saturated carbocycles. The number of nitrogens with one attached hydrogen (secondary N) is 1. The van der Waals surface area contributed by atoms with Gasteiger partial charge < -0.3 is 10.2 Å². The monoisotopic (exact) mass is 307 g/mol. The molecule has 0 aliphatic carbocycles. The van der Waals surface area contributed by atoms with Crippen molar-refractivity contribution in [1.29, 1.82) is 0 Å². The molecule has 3 nitrogen and oxygen atoms in total. The SMILES string of the molecule is CNC(CCN1CCN2CCCC2C1)c1ccc(Cl)cc1. The minimum atomic E-state index is 0.420. The number of hydrogen-bond donors (Lipinski definition) is 1. The smallest absolute Gasteiger partial charge is 0.0406 e. The van der Waals surface area contributed by atoms with Crippen LogP contribution >= 0.6 is 11.6 Å². The largest absolute Gasteiger partial charge is 0.313 e. The fourth-order valence-electron chi connectivity index (χ4n) is 3.74. The van der Waals surface area contributed by atoms with Crippen molar-refractivity contribution in [3.63, 3.8) is 0 Å². The second kappa shape index (κ2) is 7.10. The molecule has 2 aliphatic heterocycles. The fourth-order valence-corrected chi connectivity index (χ4v) is 3.87. The summed E-state index contributed by atoms with van der Waals surface area (Å²) in [5.41, 5.74) is 1.33. The zero-order valence-electron chi connectivity index (χ0n) is 12.9. The number of piperazine rings is 1. The molecule has 116 valence electrons. The molecule has 1 aromatic rings. The molecule has 0 bridgehead atoms. The molecule has 1 N–H and O–H groups in total. The summed E-state index contributed by atoms with van der Waals surface area (Å²) in [5.74, 6) is 0. The van der Waals surface area contributed by atoms with Crippen LogP contribution in [0.3, 0.4) is 0 Å². The van der Waals surface area contributed by atoms with E-state index in [0.717, 1.165) is 17.5 Å². The lowest BCUT2D eigenvalue weighted by atomic mass is 10.0. The molecule has 0 spiro atoms. The average molecular weight is 308 g/mol. The van der Waals surface area contributed by atoms with Crippen LogP contribution in [0.25, 0.3) is 0 Å². The maximum absolute atomic E-state index is 5.98. The number of nitrogens with zero attached hydrogens (tertiary/aromatic N) is 2. The summed E-state index contributed by atoms with van der Waals surface area (Å²) in [7, 11) is 2.05. The Kier molecular flexibility index (Phi) is 5.17. The van der Waals surface area contributed by atoms with Gasteiger partial charge in [-0.2, -0.15) is 0 Å². The molecule has 0 radical (unpaired) electrons. The standard InChI is InChI=1S/C17H26ClN3/c1-19-17(14-4-6-15(18)7-5-14)8-10-20-11-12-21-9-2-3-16(21)13-20/h4-7,16-17,19H,2-3,8-13H2,1H3. The maximum Gasteiger partial charge on any atom is 0.0406 e. The second-order valence-electron chi connectivity index (χ2n) is 6.31. The van der Waals surface area contributed by atoms with Crippen molar-refractivity contribution in [3.05, 3.63) is 34.9 Å². The Balaban J connectivity index is 1.52. The van der Waals surface area contributed by atoms with Crippen LogP contribution in [0.2, 0.25) is 5.02 Å². The van der Waals surface area contributed by atoms with Crippen molar-refractivity contribution in [1.82, 2.24) is 15.1 Å². The zero-order chi connectivity index (χ0) is 14.7. The van der Waals surface area contributed by atoms with Gasteiger partial charge in [-0.3, -0.25) is 4.90 Å². The summed E-state index contributed by atoms with van der Waals surface area (Å²) in [6.45, 7) is 6.25. The van der Waals surface area contributed by atoms with Crippen LogP contribution in [0.15, 0.2) is 24.3 Å². The van der Waals surface area contributed by atoms with Gasteiger partial charge in [0.25, 0.3) is 0 Å². The number of rotatable bonds is 5. The highest BCUT2D eigenvalue weighted by Crippen LogP contribution is 2.23. The lowest BCUT2D eigenvalue weighted by Gasteiger charge is -2.38. The van der Waals surface area contributed by atoms with Crippen LogP contribution in [-0.4, -0.2) is 55.6 Å². The van der Waals surface area contributed by atoms with E-state index in [1.807, 2.05) is 19.2 Å². The Bertz CT molecular complexity index is 448. The van der Waals surface area contributed by atoms with E-state index in [1.165, 1.54) is 51.1 Å². The van der Waals surface area contributed by atoms with E-state index >= 15 is 0 Å². The minimum Gasteiger partial charge on any atom is -0.313 e. The lowest BCUT2D eigenvalue weighted by Crippen LogP contribution is -2.50. The maximum atomic E-state index is 5.98. The molecule has 4 heteroatoms. The Morgan fingerprint density at radius 1 is 1.24 bits per heavy atom. The Hall–Kier alpha value is -0.610. The molecule has 2 saturated heterocycles. The summed E-state index contributed by atoms with van der Waals surface area (Å²) in [5, 5.41) is 4.25. The molecule has 2 unspecified atom stereocenters. The van der Waals surface area contributed by atoms with Gasteiger partial charge in [-0.15, -0.1) is 0 Å². The van der Waals surface area contributed by atoms with E-state index < -0.39 is 0 Å². The highest BCUT2D eigenvalue weighted by atomic mass is 35.5. The number of fused-ring (bicyclic) bond motifs is 1. The summed E-state index contributed by atoms with van der Waals surface area (Å²) in [6.07, 6.45) is 3.94. The predicted octanol–water partition coefficient (Wildman–Crippen LogP) is 2.77. The highest BCUT2D eigenvalue weighted by molar-refractivity contribution is 6.30. The number of halogens is 1. The van der Waals surface area contributed by atoms with Gasteiger partial charge in [-0.1, -0.05) is 23.7 Å². The molecule has 1 aromatic carbocycles. The fraction of sp³-hybridized carbons (Fsp3) is 0.647. The zero-order valence-corrected chi connectivity index (χ0v) is 13.6. The highest BCUT2D eigenvalue weighted by Gasteiger charge is 2.30. The first-order chi connectivity index (χ1) is 10.3. The number of hydrogen-bond acceptors (Lipinski definition) is 3. The summed E-state index contributed by atoms with van der Waals surface area (Å²) in [6, 6.07) is 9.49. The average Bonchev–Trinajstić information content (AvgIpc) is 2.97.